The summed E-state index contributed by atoms with van der Waals surface area (Å²) in [7, 11) is 0. The number of para-hydroxylation sites is 2. The van der Waals surface area contributed by atoms with E-state index in [9.17, 15) is 9.59 Å². The van der Waals surface area contributed by atoms with Gasteiger partial charge in [-0.25, -0.2) is 11.7 Å². The predicted octanol–water partition coefficient (Wildman–Crippen LogP) is 7.05. The molecule has 2 heterocycles. The van der Waals surface area contributed by atoms with Crippen LogP contribution >= 0.6 is 0 Å². The van der Waals surface area contributed by atoms with Gasteiger partial charge in [-0.05, 0) is 30.2 Å². The number of benzene rings is 3. The molecule has 0 saturated heterocycles. The van der Waals surface area contributed by atoms with E-state index in [2.05, 4.69) is 41.2 Å². The second-order valence-corrected chi connectivity index (χ2v) is 9.20. The van der Waals surface area contributed by atoms with E-state index in [0.717, 1.165) is 44.2 Å². The van der Waals surface area contributed by atoms with Crippen molar-refractivity contribution >= 4 is 33.6 Å². The van der Waals surface area contributed by atoms with Crippen LogP contribution < -0.4 is 22.5 Å². The van der Waals surface area contributed by atoms with E-state index in [-0.39, 0.29) is 26.8 Å². The largest absolute Gasteiger partial charge is 0.358 e. The summed E-state index contributed by atoms with van der Waals surface area (Å²) in [5, 5.41) is 1.86. The first-order chi connectivity index (χ1) is 19.4. The Bertz CT molecular complexity index is 1590. The van der Waals surface area contributed by atoms with E-state index in [4.69, 9.17) is 11.7 Å². The topological polar surface area (TPSA) is 142 Å². The van der Waals surface area contributed by atoms with Crippen LogP contribution in [0, 0.1) is 0 Å². The monoisotopic (exact) mass is 550 g/mol. The van der Waals surface area contributed by atoms with Crippen LogP contribution in [0.15, 0.2) is 91.5 Å². The second kappa shape index (κ2) is 14.5. The zero-order valence-corrected chi connectivity index (χ0v) is 23.3. The molecule has 2 aromatic heterocycles. The van der Waals surface area contributed by atoms with Crippen LogP contribution in [0.2, 0.25) is 0 Å². The molecule has 0 aliphatic carbocycles. The first-order valence-corrected chi connectivity index (χ1v) is 13.3. The van der Waals surface area contributed by atoms with Crippen LogP contribution in [-0.2, 0) is 11.2 Å². The summed E-state index contributed by atoms with van der Waals surface area (Å²) in [5.41, 5.74) is 9.95. The Hall–Kier alpha value is -4.66. The summed E-state index contributed by atoms with van der Waals surface area (Å²) in [6, 6.07) is 25.5. The standard InChI is InChI=1S/C26H24N6O2.C3H8.C3H6.6H2/c27-31-21(33)14-20-23(16-10-4-6-12-18(16)29-20)22(15-8-2-1-3-9-15)24-17-11-5-7-13-19(17)30-25(24)26(34)32-28;2*1-3-2;;;;;;/h1-13,22,29-30H,14,27-28H2,(H,31,33)(H,32,34);3H2,1-2H3;3H,1H2,2H3;6*1H. The van der Waals surface area contributed by atoms with Crippen LogP contribution in [0.25, 0.3) is 21.8 Å². The lowest BCUT2D eigenvalue weighted by Crippen LogP contribution is -2.32. The molecule has 0 aliphatic rings. The molecule has 8 heteroatoms. The Morgan fingerprint density at radius 3 is 1.90 bits per heavy atom. The Morgan fingerprint density at radius 1 is 0.850 bits per heavy atom. The van der Waals surface area contributed by atoms with Gasteiger partial charge in [-0.1, -0.05) is 93.1 Å². The number of carbonyl (C=O) groups excluding carboxylic acids is 2. The number of fused-ring (bicyclic) bond motifs is 2. The molecule has 1 unspecified atom stereocenters. The fourth-order valence-corrected chi connectivity index (χ4v) is 4.74. The lowest BCUT2D eigenvalue weighted by Gasteiger charge is -2.21. The van der Waals surface area contributed by atoms with E-state index < -0.39 is 5.91 Å². The molecule has 1 atom stereocenters. The first-order valence-electron chi connectivity index (χ1n) is 13.3. The SMILES string of the molecule is C=CC.CCC.NNC(=O)Cc1[nH]c2ccccc2c1C(c1ccccc1)c1c(C(=O)NN)[nH]c2ccccc12.[HH].[HH].[HH].[HH].[HH].[HH]. The van der Waals surface area contributed by atoms with Crippen molar-refractivity contribution in [3.8, 4) is 0 Å². The summed E-state index contributed by atoms with van der Waals surface area (Å²) in [6.45, 7) is 9.50. The molecule has 0 saturated carbocycles. The van der Waals surface area contributed by atoms with Crippen molar-refractivity contribution in [2.24, 2.45) is 11.7 Å². The Labute approximate surface area is 243 Å². The molecule has 8 nitrogen and oxygen atoms in total. The summed E-state index contributed by atoms with van der Waals surface area (Å²) >= 11 is 0. The van der Waals surface area contributed by atoms with Gasteiger partial charge in [0.25, 0.3) is 5.91 Å². The minimum Gasteiger partial charge on any atom is -0.358 e. The summed E-state index contributed by atoms with van der Waals surface area (Å²) in [6.07, 6.45) is 3.06. The average Bonchev–Trinajstić information content (AvgIpc) is 3.53. The van der Waals surface area contributed by atoms with Gasteiger partial charge in [-0.3, -0.25) is 20.4 Å². The molecule has 0 aliphatic heterocycles. The van der Waals surface area contributed by atoms with Crippen molar-refractivity contribution in [2.75, 3.05) is 0 Å². The van der Waals surface area contributed by atoms with Crippen LogP contribution in [0.4, 0.5) is 0 Å². The van der Waals surface area contributed by atoms with Crippen LogP contribution in [-0.4, -0.2) is 21.8 Å². The first kappa shape index (κ1) is 29.9. The Kier molecular flexibility index (Phi) is 10.8. The van der Waals surface area contributed by atoms with Crippen molar-refractivity contribution in [1.29, 1.82) is 0 Å². The number of hydrogen-bond donors (Lipinski definition) is 6. The number of H-pyrrole nitrogens is 2. The molecule has 8 N–H and O–H groups in total. The highest BCUT2D eigenvalue weighted by molar-refractivity contribution is 6.02. The van der Waals surface area contributed by atoms with Crippen molar-refractivity contribution in [2.45, 2.75) is 39.5 Å². The number of allylic oxidation sites excluding steroid dienone is 1. The number of aromatic amines is 2. The van der Waals surface area contributed by atoms with Crippen molar-refractivity contribution in [3.63, 3.8) is 0 Å². The lowest BCUT2D eigenvalue weighted by molar-refractivity contribution is -0.120. The third-order valence-electron chi connectivity index (χ3n) is 6.14. The van der Waals surface area contributed by atoms with Gasteiger partial charge in [-0.2, -0.15) is 0 Å². The van der Waals surface area contributed by atoms with Crippen molar-refractivity contribution in [3.05, 3.63) is 120 Å². The molecule has 5 rings (SSSR count). The van der Waals surface area contributed by atoms with Gasteiger partial charge in [0.05, 0.1) is 6.42 Å². The number of hydrazine groups is 2. The summed E-state index contributed by atoms with van der Waals surface area (Å²) < 4.78 is 0. The molecular weight excluding hydrogens is 500 g/mol. The number of rotatable bonds is 6. The van der Waals surface area contributed by atoms with Crippen LogP contribution in [0.3, 0.4) is 0 Å². The van der Waals surface area contributed by atoms with E-state index in [1.54, 1.807) is 6.08 Å². The van der Waals surface area contributed by atoms with Gasteiger partial charge < -0.3 is 9.97 Å². The molecule has 0 radical (unpaired) electrons. The number of nitrogen functional groups attached to an aromatic ring is 1. The maximum Gasteiger partial charge on any atom is 0.281 e. The second-order valence-electron chi connectivity index (χ2n) is 9.20. The predicted molar refractivity (Wildman–Crippen MR) is 176 cm³/mol. The van der Waals surface area contributed by atoms with Gasteiger partial charge in [0, 0.05) is 47.5 Å². The minimum absolute atomic E-state index is 0. The molecule has 220 valence electrons. The fourth-order valence-electron chi connectivity index (χ4n) is 4.74. The molecule has 5 aromatic rings. The van der Waals surface area contributed by atoms with Gasteiger partial charge in [0.15, 0.2) is 0 Å². The van der Waals surface area contributed by atoms with E-state index in [1.165, 1.54) is 6.42 Å². The molecule has 0 spiro atoms. The quantitative estimate of drug-likeness (QED) is 0.0583. The highest BCUT2D eigenvalue weighted by Crippen LogP contribution is 2.43. The van der Waals surface area contributed by atoms with E-state index in [1.807, 2.05) is 85.8 Å². The molecule has 3 aromatic carbocycles. The zero-order valence-electron chi connectivity index (χ0n) is 23.3. The third kappa shape index (κ3) is 6.48. The van der Waals surface area contributed by atoms with E-state index in [0.29, 0.717) is 5.69 Å². The number of carbonyl (C=O) groups is 2. The van der Waals surface area contributed by atoms with Crippen LogP contribution in [0.5, 0.6) is 0 Å². The molecule has 0 bridgehead atoms. The molecule has 0 fully saturated rings. The van der Waals surface area contributed by atoms with Gasteiger partial charge in [0.2, 0.25) is 5.91 Å². The Balaban J connectivity index is -0.000000685. The maximum absolute atomic E-state index is 12.9. The number of nitrogens with one attached hydrogen (secondary N) is 4. The third-order valence-corrected chi connectivity index (χ3v) is 6.14. The highest BCUT2D eigenvalue weighted by atomic mass is 16.2. The van der Waals surface area contributed by atoms with Gasteiger partial charge >= 0.3 is 0 Å². The zero-order chi connectivity index (χ0) is 29.1. The molecular formula is C32H50N6O2. The maximum atomic E-state index is 12.9. The smallest absolute Gasteiger partial charge is 0.281 e. The number of nitrogens with two attached hydrogens (primary N) is 2. The van der Waals surface area contributed by atoms with E-state index >= 15 is 0 Å². The molecule has 40 heavy (non-hydrogen) atoms. The number of amides is 2. The van der Waals surface area contributed by atoms with Gasteiger partial charge in [0.1, 0.15) is 5.69 Å². The summed E-state index contributed by atoms with van der Waals surface area (Å²) in [4.78, 5) is 31.9. The van der Waals surface area contributed by atoms with Crippen molar-refractivity contribution in [1.82, 2.24) is 20.8 Å². The Morgan fingerprint density at radius 2 is 1.35 bits per heavy atom. The lowest BCUT2D eigenvalue weighted by atomic mass is 9.81. The molecule has 2 amide bonds. The highest BCUT2D eigenvalue weighted by Gasteiger charge is 2.31. The normalized spacial score (nSPS) is 11.0. The van der Waals surface area contributed by atoms with Crippen LogP contribution in [0.1, 0.15) is 74.5 Å². The number of hydrogen-bond acceptors (Lipinski definition) is 4. The minimum atomic E-state index is -0.423. The average molecular weight is 551 g/mol. The van der Waals surface area contributed by atoms with Gasteiger partial charge in [-0.15, -0.1) is 6.58 Å². The summed E-state index contributed by atoms with van der Waals surface area (Å²) in [5.74, 6) is 9.86. The number of aromatic nitrogens is 2. The fraction of sp³-hybridized carbons (Fsp3) is 0.188. The van der Waals surface area contributed by atoms with Crippen molar-refractivity contribution < 1.29 is 18.1 Å².